The summed E-state index contributed by atoms with van der Waals surface area (Å²) in [6.07, 6.45) is 5.35. The molecule has 0 aromatic heterocycles. The zero-order valence-corrected chi connectivity index (χ0v) is 17.1. The number of nitrogens with one attached hydrogen (secondary N) is 2. The summed E-state index contributed by atoms with van der Waals surface area (Å²) in [5.41, 5.74) is 0.937. The number of aryl methyl sites for hydroxylation is 1. The number of hydrogen-bond acceptors (Lipinski definition) is 3. The van der Waals surface area contributed by atoms with Crippen molar-refractivity contribution in [1.29, 1.82) is 0 Å². The molecule has 2 atom stereocenters. The minimum atomic E-state index is -1.02. The molecule has 1 aromatic rings. The van der Waals surface area contributed by atoms with Gasteiger partial charge in [0.05, 0.1) is 0 Å². The van der Waals surface area contributed by atoms with E-state index in [0.717, 1.165) is 48.1 Å². The molecule has 0 saturated carbocycles. The van der Waals surface area contributed by atoms with Crippen molar-refractivity contribution in [1.82, 2.24) is 15.5 Å². The molecular formula is C22H31N3O3. The summed E-state index contributed by atoms with van der Waals surface area (Å²) in [5.74, 6) is 0.0392. The number of carbonyl (C=O) groups is 3. The molecule has 1 spiro atoms. The minimum absolute atomic E-state index is 0.0244. The third-order valence-corrected chi connectivity index (χ3v) is 5.78. The van der Waals surface area contributed by atoms with Crippen LogP contribution in [0.1, 0.15) is 64.0 Å². The maximum Gasteiger partial charge on any atom is 0.325 e. The molecule has 1 saturated heterocycles. The van der Waals surface area contributed by atoms with Crippen LogP contribution in [0.4, 0.5) is 4.79 Å². The van der Waals surface area contributed by atoms with Gasteiger partial charge in [0.25, 0.3) is 5.91 Å². The molecule has 28 heavy (non-hydrogen) atoms. The van der Waals surface area contributed by atoms with Gasteiger partial charge in [-0.15, -0.1) is 0 Å². The van der Waals surface area contributed by atoms with E-state index in [9.17, 15) is 14.4 Å². The molecule has 4 amide bonds. The van der Waals surface area contributed by atoms with Crippen LogP contribution in [0, 0.1) is 5.92 Å². The van der Waals surface area contributed by atoms with E-state index < -0.39 is 11.6 Å². The monoisotopic (exact) mass is 385 g/mol. The van der Waals surface area contributed by atoms with Gasteiger partial charge in [0, 0.05) is 6.04 Å². The Balaban J connectivity index is 1.64. The van der Waals surface area contributed by atoms with Crippen molar-refractivity contribution in [2.45, 2.75) is 70.9 Å². The normalized spacial score (nSPS) is 22.4. The lowest BCUT2D eigenvalue weighted by molar-refractivity contribution is -0.135. The molecule has 1 heterocycles. The standard InChI is InChI=1S/C22H31N3O3/c1-15(2)8-6-9-16(3)23-19(26)14-25-20(27)22(24-21(25)28)13-7-11-17-10-4-5-12-18(17)22/h4-5,10,12,15-16H,6-9,11,13-14H2,1-3H3,(H,23,26)(H,24,28)/t16-,22+/m1/s1. The summed E-state index contributed by atoms with van der Waals surface area (Å²) in [6, 6.07) is 7.29. The second kappa shape index (κ2) is 8.33. The second-order valence-corrected chi connectivity index (χ2v) is 8.53. The van der Waals surface area contributed by atoms with Crippen LogP contribution in [0.15, 0.2) is 24.3 Å². The predicted octanol–water partition coefficient (Wildman–Crippen LogP) is 3.10. The Hall–Kier alpha value is -2.37. The van der Waals surface area contributed by atoms with Crippen LogP contribution in [-0.4, -0.2) is 35.3 Å². The fourth-order valence-electron chi connectivity index (χ4n) is 4.32. The third-order valence-electron chi connectivity index (χ3n) is 5.78. The topological polar surface area (TPSA) is 78.5 Å². The summed E-state index contributed by atoms with van der Waals surface area (Å²) < 4.78 is 0. The predicted molar refractivity (Wildman–Crippen MR) is 108 cm³/mol. The lowest BCUT2D eigenvalue weighted by Gasteiger charge is -2.33. The van der Waals surface area contributed by atoms with Gasteiger partial charge in [0.1, 0.15) is 12.1 Å². The second-order valence-electron chi connectivity index (χ2n) is 8.53. The molecule has 3 rings (SSSR count). The average molecular weight is 386 g/mol. The zero-order valence-electron chi connectivity index (χ0n) is 17.1. The molecular weight excluding hydrogens is 354 g/mol. The maximum atomic E-state index is 13.2. The first-order valence-electron chi connectivity index (χ1n) is 10.4. The van der Waals surface area contributed by atoms with Gasteiger partial charge < -0.3 is 10.6 Å². The first-order valence-corrected chi connectivity index (χ1v) is 10.4. The van der Waals surface area contributed by atoms with Crippen molar-refractivity contribution in [2.24, 2.45) is 5.92 Å². The van der Waals surface area contributed by atoms with Gasteiger partial charge in [0.15, 0.2) is 0 Å². The number of amides is 4. The molecule has 6 nitrogen and oxygen atoms in total. The Morgan fingerprint density at radius 2 is 1.96 bits per heavy atom. The lowest BCUT2D eigenvalue weighted by Crippen LogP contribution is -2.47. The SMILES string of the molecule is CC(C)CCC[C@@H](C)NC(=O)CN1C(=O)N[C@]2(CCCc3ccccc32)C1=O. The summed E-state index contributed by atoms with van der Waals surface area (Å²) in [4.78, 5) is 39.2. The van der Waals surface area contributed by atoms with E-state index in [1.54, 1.807) is 0 Å². The van der Waals surface area contributed by atoms with Gasteiger partial charge in [-0.1, -0.05) is 51.0 Å². The fourth-order valence-corrected chi connectivity index (χ4v) is 4.32. The highest BCUT2D eigenvalue weighted by Crippen LogP contribution is 2.39. The number of rotatable bonds is 7. The molecule has 1 aliphatic heterocycles. The van der Waals surface area contributed by atoms with E-state index in [1.807, 2.05) is 31.2 Å². The van der Waals surface area contributed by atoms with E-state index in [1.165, 1.54) is 0 Å². The Labute approximate surface area is 167 Å². The third kappa shape index (κ3) is 4.05. The lowest BCUT2D eigenvalue weighted by atomic mass is 9.76. The van der Waals surface area contributed by atoms with Gasteiger partial charge in [-0.2, -0.15) is 0 Å². The molecule has 0 unspecified atom stereocenters. The molecule has 6 heteroatoms. The van der Waals surface area contributed by atoms with E-state index in [-0.39, 0.29) is 24.4 Å². The van der Waals surface area contributed by atoms with E-state index in [2.05, 4.69) is 24.5 Å². The summed E-state index contributed by atoms with van der Waals surface area (Å²) in [6.45, 7) is 6.09. The number of nitrogens with zero attached hydrogens (tertiary/aromatic N) is 1. The van der Waals surface area contributed by atoms with Crippen molar-refractivity contribution in [3.05, 3.63) is 35.4 Å². The summed E-state index contributed by atoms with van der Waals surface area (Å²) in [5, 5.41) is 5.81. The fraction of sp³-hybridized carbons (Fsp3) is 0.591. The quantitative estimate of drug-likeness (QED) is 0.708. The van der Waals surface area contributed by atoms with Gasteiger partial charge in [-0.3, -0.25) is 14.5 Å². The van der Waals surface area contributed by atoms with Crippen molar-refractivity contribution in [3.8, 4) is 0 Å². The molecule has 1 aliphatic carbocycles. The van der Waals surface area contributed by atoms with Gasteiger partial charge in [0.2, 0.25) is 5.91 Å². The van der Waals surface area contributed by atoms with E-state index >= 15 is 0 Å². The van der Waals surface area contributed by atoms with Crippen molar-refractivity contribution in [3.63, 3.8) is 0 Å². The molecule has 0 bridgehead atoms. The Bertz CT molecular complexity index is 761. The van der Waals surface area contributed by atoms with Crippen LogP contribution in [0.3, 0.4) is 0 Å². The smallest absolute Gasteiger partial charge is 0.325 e. The molecule has 1 fully saturated rings. The van der Waals surface area contributed by atoms with Crippen molar-refractivity contribution in [2.75, 3.05) is 6.54 Å². The molecule has 2 aliphatic rings. The average Bonchev–Trinajstić information content (AvgIpc) is 2.86. The number of fused-ring (bicyclic) bond motifs is 2. The first-order chi connectivity index (χ1) is 13.3. The largest absolute Gasteiger partial charge is 0.352 e. The van der Waals surface area contributed by atoms with Crippen LogP contribution in [0.2, 0.25) is 0 Å². The summed E-state index contributed by atoms with van der Waals surface area (Å²) in [7, 11) is 0. The molecule has 1 aromatic carbocycles. The molecule has 0 radical (unpaired) electrons. The van der Waals surface area contributed by atoms with Gasteiger partial charge in [-0.05, 0) is 49.7 Å². The highest BCUT2D eigenvalue weighted by atomic mass is 16.2. The van der Waals surface area contributed by atoms with Crippen LogP contribution >= 0.6 is 0 Å². The molecule has 152 valence electrons. The minimum Gasteiger partial charge on any atom is -0.352 e. The first kappa shape index (κ1) is 20.4. The highest BCUT2D eigenvalue weighted by Gasteiger charge is 2.54. The van der Waals surface area contributed by atoms with Gasteiger partial charge in [-0.25, -0.2) is 4.79 Å². The zero-order chi connectivity index (χ0) is 20.3. The van der Waals surface area contributed by atoms with Gasteiger partial charge >= 0.3 is 6.03 Å². The van der Waals surface area contributed by atoms with Crippen LogP contribution in [-0.2, 0) is 21.5 Å². The number of urea groups is 1. The molecule has 2 N–H and O–H groups in total. The van der Waals surface area contributed by atoms with Crippen molar-refractivity contribution >= 4 is 17.8 Å². The Kier molecular flexibility index (Phi) is 6.06. The van der Waals surface area contributed by atoms with Crippen LogP contribution in [0.25, 0.3) is 0 Å². The van der Waals surface area contributed by atoms with Crippen molar-refractivity contribution < 1.29 is 14.4 Å². The van der Waals surface area contributed by atoms with E-state index in [4.69, 9.17) is 0 Å². The maximum absolute atomic E-state index is 13.2. The summed E-state index contributed by atoms with van der Waals surface area (Å²) >= 11 is 0. The number of imide groups is 1. The van der Waals surface area contributed by atoms with E-state index in [0.29, 0.717) is 12.3 Å². The van der Waals surface area contributed by atoms with Crippen LogP contribution < -0.4 is 10.6 Å². The van der Waals surface area contributed by atoms with Crippen LogP contribution in [0.5, 0.6) is 0 Å². The number of benzene rings is 1. The highest BCUT2D eigenvalue weighted by molar-refractivity contribution is 6.09. The Morgan fingerprint density at radius 3 is 2.71 bits per heavy atom. The number of carbonyl (C=O) groups excluding carboxylic acids is 3. The number of hydrogen-bond donors (Lipinski definition) is 2. The Morgan fingerprint density at radius 1 is 1.21 bits per heavy atom.